The number of hydrogen-bond acceptors (Lipinski definition) is 3. The highest BCUT2D eigenvalue weighted by atomic mass is 31.2. The van der Waals surface area contributed by atoms with Gasteiger partial charge in [-0.1, -0.05) is 40.0 Å². The van der Waals surface area contributed by atoms with Crippen LogP contribution in [0.25, 0.3) is 0 Å². The number of rotatable bonds is 11. The minimum Gasteiger partial charge on any atom is -0.303 e. The Balaban J connectivity index is 0. The van der Waals surface area contributed by atoms with E-state index in [9.17, 15) is 4.57 Å². The second kappa shape index (κ2) is 14.2. The molecule has 0 spiro atoms. The highest BCUT2D eigenvalue weighted by molar-refractivity contribution is 7.75. The average molecular weight is 343 g/mol. The molecule has 0 bridgehead atoms. The molecule has 0 aliphatic heterocycles. The number of unbranched alkanes of at least 4 members (excludes halogenated alkanes) is 3. The molecule has 0 atom stereocenters. The Kier molecular flexibility index (Phi) is 16.0. The van der Waals surface area contributed by atoms with Crippen LogP contribution < -0.4 is 0 Å². The zero-order chi connectivity index (χ0) is 16.8. The van der Waals surface area contributed by atoms with Gasteiger partial charge in [0.1, 0.15) is 0 Å². The van der Waals surface area contributed by atoms with Crippen molar-refractivity contribution < 1.29 is 18.5 Å². The summed E-state index contributed by atoms with van der Waals surface area (Å²) in [6.45, 7) is 9.59. The van der Waals surface area contributed by atoms with E-state index >= 15 is 0 Å². The minimum absolute atomic E-state index is 0.519. The highest BCUT2D eigenvalue weighted by Crippen LogP contribution is 2.57. The summed E-state index contributed by atoms with van der Waals surface area (Å²) >= 11 is 0. The summed E-state index contributed by atoms with van der Waals surface area (Å²) in [5, 5.41) is 0. The van der Waals surface area contributed by atoms with Crippen LogP contribution in [0.15, 0.2) is 0 Å². The summed E-state index contributed by atoms with van der Waals surface area (Å²) in [4.78, 5) is 8.24. The minimum atomic E-state index is -3.65. The van der Waals surface area contributed by atoms with E-state index < -0.39 is 15.1 Å². The smallest absolute Gasteiger partial charge is 0.303 e. The van der Waals surface area contributed by atoms with Crippen LogP contribution in [0, 0.1) is 0 Å². The molecule has 0 radical (unpaired) electrons. The number of hydrogen-bond donors (Lipinski definition) is 1. The quantitative estimate of drug-likeness (QED) is 0.509. The van der Waals surface area contributed by atoms with Crippen LogP contribution in [-0.4, -0.2) is 44.3 Å². The molecule has 0 saturated carbocycles. The third-order valence-electron chi connectivity index (χ3n) is 3.62. The van der Waals surface area contributed by atoms with Gasteiger partial charge in [0.15, 0.2) is 0 Å². The lowest BCUT2D eigenvalue weighted by Crippen LogP contribution is -2.07. The van der Waals surface area contributed by atoms with E-state index in [4.69, 9.17) is 4.89 Å². The maximum Gasteiger partial charge on any atom is 0.471 e. The molecule has 0 aromatic heterocycles. The standard InChI is InChI=1S/C13H30P.C2H7O4P/c1-5-8-11-14(4,12-9-6-2)13-10-7-3;1-5-7(3,4)6-2/h5-13H2,1-4H3;1-2H3,(H,3,4)/q+1;. The van der Waals surface area contributed by atoms with Gasteiger partial charge in [-0.15, -0.1) is 0 Å². The van der Waals surface area contributed by atoms with E-state index in [-0.39, 0.29) is 0 Å². The average Bonchev–Trinajstić information content (AvgIpc) is 2.50. The lowest BCUT2D eigenvalue weighted by molar-refractivity contribution is 0.204. The van der Waals surface area contributed by atoms with Gasteiger partial charge in [0.05, 0.1) is 18.5 Å². The maximum atomic E-state index is 10.1. The molecule has 0 fully saturated rings. The molecule has 0 rings (SSSR count). The van der Waals surface area contributed by atoms with Crippen molar-refractivity contribution >= 4 is 15.1 Å². The predicted octanol–water partition coefficient (Wildman–Crippen LogP) is 5.41. The molecule has 1 N–H and O–H groups in total. The van der Waals surface area contributed by atoms with Crippen molar-refractivity contribution in [3.63, 3.8) is 0 Å². The van der Waals surface area contributed by atoms with Crippen LogP contribution in [0.4, 0.5) is 0 Å². The summed E-state index contributed by atoms with van der Waals surface area (Å²) in [6, 6.07) is 0. The first-order valence-electron chi connectivity index (χ1n) is 8.08. The van der Waals surface area contributed by atoms with Crippen molar-refractivity contribution in [3.05, 3.63) is 0 Å². The Morgan fingerprint density at radius 1 is 0.857 bits per heavy atom. The fourth-order valence-corrected chi connectivity index (χ4v) is 6.09. The summed E-state index contributed by atoms with van der Waals surface area (Å²) < 4.78 is 18.0. The summed E-state index contributed by atoms with van der Waals surface area (Å²) in [5.74, 6) is 0. The van der Waals surface area contributed by atoms with Crippen LogP contribution in [0.3, 0.4) is 0 Å². The van der Waals surface area contributed by atoms with E-state index in [1.807, 2.05) is 0 Å². The van der Waals surface area contributed by atoms with Crippen LogP contribution >= 0.6 is 15.1 Å². The van der Waals surface area contributed by atoms with Gasteiger partial charge in [-0.3, -0.25) is 9.05 Å². The van der Waals surface area contributed by atoms with E-state index in [1.54, 1.807) is 18.5 Å². The summed E-state index contributed by atoms with van der Waals surface area (Å²) in [5.41, 5.74) is 0. The third-order valence-corrected chi connectivity index (χ3v) is 8.73. The first kappa shape index (κ1) is 23.8. The monoisotopic (exact) mass is 343 g/mol. The van der Waals surface area contributed by atoms with Gasteiger partial charge >= 0.3 is 7.82 Å². The molecule has 0 aliphatic carbocycles. The Morgan fingerprint density at radius 2 is 1.14 bits per heavy atom. The SMILES string of the molecule is CCCC[P+](C)(CCCC)CCCC.COP(=O)(O)OC. The molecule has 0 aliphatic rings. The van der Waals surface area contributed by atoms with Crippen molar-refractivity contribution in [2.45, 2.75) is 59.3 Å². The van der Waals surface area contributed by atoms with Gasteiger partial charge in [-0.2, -0.15) is 0 Å². The molecule has 0 unspecified atom stereocenters. The zero-order valence-corrected chi connectivity index (χ0v) is 16.7. The third kappa shape index (κ3) is 15.2. The van der Waals surface area contributed by atoms with Gasteiger partial charge in [0, 0.05) is 28.1 Å². The summed E-state index contributed by atoms with van der Waals surface area (Å²) in [7, 11) is -1.97. The highest BCUT2D eigenvalue weighted by Gasteiger charge is 2.28. The topological polar surface area (TPSA) is 55.8 Å². The van der Waals surface area contributed by atoms with E-state index in [0.29, 0.717) is 0 Å². The first-order chi connectivity index (χ1) is 9.80. The fourth-order valence-electron chi connectivity index (χ4n) is 2.03. The fraction of sp³-hybridized carbons (Fsp3) is 1.00. The Bertz CT molecular complexity index is 243. The van der Waals surface area contributed by atoms with Gasteiger partial charge in [-0.05, 0) is 19.3 Å². The van der Waals surface area contributed by atoms with E-state index in [1.165, 1.54) is 38.5 Å². The predicted molar refractivity (Wildman–Crippen MR) is 96.0 cm³/mol. The number of phosphoric ester groups is 1. The van der Waals surface area contributed by atoms with Gasteiger partial charge in [0.2, 0.25) is 0 Å². The maximum absolute atomic E-state index is 10.1. The van der Waals surface area contributed by atoms with E-state index in [2.05, 4.69) is 36.5 Å². The molecular weight excluding hydrogens is 306 g/mol. The van der Waals surface area contributed by atoms with Crippen LogP contribution in [0.1, 0.15) is 59.3 Å². The molecule has 4 nitrogen and oxygen atoms in total. The van der Waals surface area contributed by atoms with Crippen molar-refractivity contribution in [1.29, 1.82) is 0 Å². The van der Waals surface area contributed by atoms with Crippen molar-refractivity contribution in [1.82, 2.24) is 0 Å². The molecule has 0 aromatic rings. The van der Waals surface area contributed by atoms with Gasteiger partial charge in [-0.25, -0.2) is 4.57 Å². The van der Waals surface area contributed by atoms with E-state index in [0.717, 1.165) is 14.2 Å². The molecule has 0 saturated heterocycles. The molecule has 0 aromatic carbocycles. The first-order valence-corrected chi connectivity index (χ1v) is 12.4. The second-order valence-electron chi connectivity index (χ2n) is 5.68. The largest absolute Gasteiger partial charge is 0.471 e. The Labute approximate surface area is 133 Å². The van der Waals surface area contributed by atoms with Crippen LogP contribution in [-0.2, 0) is 13.6 Å². The molecule has 130 valence electrons. The normalized spacial score (nSPS) is 12.0. The Hall–Kier alpha value is 0.540. The lowest BCUT2D eigenvalue weighted by Gasteiger charge is -2.22. The van der Waals surface area contributed by atoms with Crippen LogP contribution in [0.2, 0.25) is 0 Å². The zero-order valence-electron chi connectivity index (χ0n) is 14.9. The Morgan fingerprint density at radius 3 is 1.29 bits per heavy atom. The van der Waals surface area contributed by atoms with Crippen molar-refractivity contribution in [2.24, 2.45) is 0 Å². The van der Waals surface area contributed by atoms with Gasteiger partial charge < -0.3 is 4.89 Å². The molecule has 21 heavy (non-hydrogen) atoms. The summed E-state index contributed by atoms with van der Waals surface area (Å²) in [6.07, 6.45) is 13.2. The van der Waals surface area contributed by atoms with Crippen molar-refractivity contribution in [3.8, 4) is 0 Å². The molecule has 0 amide bonds. The van der Waals surface area contributed by atoms with Crippen molar-refractivity contribution in [2.75, 3.05) is 39.4 Å². The van der Waals surface area contributed by atoms with Crippen LogP contribution in [0.5, 0.6) is 0 Å². The van der Waals surface area contributed by atoms with Gasteiger partial charge in [0.25, 0.3) is 0 Å². The molecule has 6 heteroatoms. The molecular formula is C15H37O4P2+. The lowest BCUT2D eigenvalue weighted by atomic mass is 10.4. The number of phosphoric acid groups is 1. The molecule has 0 heterocycles. The second-order valence-corrected chi connectivity index (χ2v) is 11.9.